The maximum absolute atomic E-state index is 11.7. The van der Waals surface area contributed by atoms with Crippen molar-refractivity contribution in [1.29, 1.82) is 0 Å². The Bertz CT molecular complexity index is 333. The van der Waals surface area contributed by atoms with Crippen LogP contribution in [0.3, 0.4) is 0 Å². The minimum Gasteiger partial charge on any atom is -0.479 e. The summed E-state index contributed by atoms with van der Waals surface area (Å²) >= 11 is 0. The van der Waals surface area contributed by atoms with E-state index in [1.807, 2.05) is 6.92 Å². The van der Waals surface area contributed by atoms with Crippen molar-refractivity contribution >= 4 is 12.0 Å². The Kier molecular flexibility index (Phi) is 6.78. The number of nitrogens with one attached hydrogen (secondary N) is 2. The van der Waals surface area contributed by atoms with Crippen LogP contribution in [0.15, 0.2) is 0 Å². The summed E-state index contributed by atoms with van der Waals surface area (Å²) in [5, 5.41) is 14.4. The average Bonchev–Trinajstić information content (AvgIpc) is 2.83. The Morgan fingerprint density at radius 3 is 2.50 bits per heavy atom. The summed E-state index contributed by atoms with van der Waals surface area (Å²) in [7, 11) is 0. The Labute approximate surface area is 120 Å². The van der Waals surface area contributed by atoms with Crippen LogP contribution in [-0.4, -0.2) is 41.9 Å². The van der Waals surface area contributed by atoms with Crippen molar-refractivity contribution in [3.8, 4) is 0 Å². The largest absolute Gasteiger partial charge is 0.479 e. The van der Waals surface area contributed by atoms with Crippen LogP contribution < -0.4 is 10.6 Å². The Hall–Kier alpha value is -1.30. The first-order valence-electron chi connectivity index (χ1n) is 7.31. The van der Waals surface area contributed by atoms with Gasteiger partial charge in [0.05, 0.1) is 6.10 Å². The van der Waals surface area contributed by atoms with E-state index in [2.05, 4.69) is 24.5 Å². The first-order valence-corrected chi connectivity index (χ1v) is 7.31. The molecule has 2 amide bonds. The maximum Gasteiger partial charge on any atom is 0.332 e. The van der Waals surface area contributed by atoms with Crippen molar-refractivity contribution < 1.29 is 19.4 Å². The molecule has 3 N–H and O–H groups in total. The molecule has 3 atom stereocenters. The SMILES string of the molecule is CC(C)CCC(C)NC(=O)NCC1CCC(C(=O)O)O1. The highest BCUT2D eigenvalue weighted by molar-refractivity contribution is 5.74. The molecule has 0 saturated carbocycles. The molecule has 0 aromatic heterocycles. The predicted molar refractivity (Wildman–Crippen MR) is 75.6 cm³/mol. The molecule has 0 spiro atoms. The number of hydrogen-bond acceptors (Lipinski definition) is 3. The second-order valence-electron chi connectivity index (χ2n) is 5.89. The van der Waals surface area contributed by atoms with Crippen LogP contribution in [-0.2, 0) is 9.53 Å². The lowest BCUT2D eigenvalue weighted by Gasteiger charge is -2.17. The summed E-state index contributed by atoms with van der Waals surface area (Å²) in [6.07, 6.45) is 2.27. The molecule has 0 aliphatic carbocycles. The van der Waals surface area contributed by atoms with Crippen LogP contribution in [0.2, 0.25) is 0 Å². The summed E-state index contributed by atoms with van der Waals surface area (Å²) in [6, 6.07) is -0.0858. The molecule has 3 unspecified atom stereocenters. The maximum atomic E-state index is 11.7. The van der Waals surface area contributed by atoms with Gasteiger partial charge in [-0.25, -0.2) is 9.59 Å². The van der Waals surface area contributed by atoms with Gasteiger partial charge >= 0.3 is 12.0 Å². The van der Waals surface area contributed by atoms with E-state index in [0.717, 1.165) is 12.8 Å². The topological polar surface area (TPSA) is 87.7 Å². The summed E-state index contributed by atoms with van der Waals surface area (Å²) in [4.78, 5) is 22.4. The number of carboxylic acid groups (broad SMARTS) is 1. The second-order valence-corrected chi connectivity index (χ2v) is 5.89. The van der Waals surface area contributed by atoms with Crippen LogP contribution in [0, 0.1) is 5.92 Å². The van der Waals surface area contributed by atoms with Crippen molar-refractivity contribution in [2.75, 3.05) is 6.54 Å². The van der Waals surface area contributed by atoms with E-state index in [0.29, 0.717) is 25.3 Å². The Balaban J connectivity index is 2.15. The van der Waals surface area contributed by atoms with Crippen molar-refractivity contribution in [3.05, 3.63) is 0 Å². The highest BCUT2D eigenvalue weighted by Gasteiger charge is 2.30. The van der Waals surface area contributed by atoms with E-state index in [4.69, 9.17) is 9.84 Å². The number of hydrogen-bond donors (Lipinski definition) is 3. The second kappa shape index (κ2) is 8.09. The van der Waals surface area contributed by atoms with Gasteiger partial charge in [0, 0.05) is 12.6 Å². The lowest BCUT2D eigenvalue weighted by Crippen LogP contribution is -2.43. The smallest absolute Gasteiger partial charge is 0.332 e. The monoisotopic (exact) mass is 286 g/mol. The molecular weight excluding hydrogens is 260 g/mol. The van der Waals surface area contributed by atoms with Gasteiger partial charge in [0.2, 0.25) is 0 Å². The number of urea groups is 1. The van der Waals surface area contributed by atoms with Gasteiger partial charge in [0.15, 0.2) is 6.10 Å². The molecule has 1 fully saturated rings. The number of carbonyl (C=O) groups excluding carboxylic acids is 1. The van der Waals surface area contributed by atoms with E-state index in [1.165, 1.54) is 0 Å². The van der Waals surface area contributed by atoms with E-state index >= 15 is 0 Å². The zero-order valence-corrected chi connectivity index (χ0v) is 12.5. The summed E-state index contributed by atoms with van der Waals surface area (Å²) in [5.74, 6) is -0.304. The molecule has 1 aliphatic heterocycles. The lowest BCUT2D eigenvalue weighted by molar-refractivity contribution is -0.149. The van der Waals surface area contributed by atoms with Crippen molar-refractivity contribution in [2.24, 2.45) is 5.92 Å². The van der Waals surface area contributed by atoms with Crippen LogP contribution in [0.1, 0.15) is 46.5 Å². The van der Waals surface area contributed by atoms with Gasteiger partial charge in [-0.15, -0.1) is 0 Å². The molecule has 0 radical (unpaired) electrons. The third-order valence-electron chi connectivity index (χ3n) is 3.43. The standard InChI is InChI=1S/C14H26N2O4/c1-9(2)4-5-10(3)16-14(19)15-8-11-6-7-12(20-11)13(17)18/h9-12H,4-8H2,1-3H3,(H,17,18)(H2,15,16,19). The minimum absolute atomic E-state index is 0.133. The average molecular weight is 286 g/mol. The molecular formula is C14H26N2O4. The molecule has 6 heteroatoms. The Morgan fingerprint density at radius 1 is 1.25 bits per heavy atom. The van der Waals surface area contributed by atoms with Crippen LogP contribution in [0.4, 0.5) is 4.79 Å². The number of carboxylic acids is 1. The number of rotatable bonds is 7. The third-order valence-corrected chi connectivity index (χ3v) is 3.43. The molecule has 0 aromatic rings. The first-order chi connectivity index (χ1) is 9.38. The van der Waals surface area contributed by atoms with Crippen molar-refractivity contribution in [1.82, 2.24) is 10.6 Å². The minimum atomic E-state index is -0.931. The molecule has 0 aromatic carbocycles. The lowest BCUT2D eigenvalue weighted by atomic mass is 10.0. The van der Waals surface area contributed by atoms with Gasteiger partial charge in [-0.1, -0.05) is 13.8 Å². The van der Waals surface area contributed by atoms with Crippen LogP contribution in [0.25, 0.3) is 0 Å². The third kappa shape index (κ3) is 6.23. The van der Waals surface area contributed by atoms with Crippen molar-refractivity contribution in [3.63, 3.8) is 0 Å². The van der Waals surface area contributed by atoms with Crippen LogP contribution in [0.5, 0.6) is 0 Å². The van der Waals surface area contributed by atoms with Gasteiger partial charge in [0.1, 0.15) is 0 Å². The molecule has 6 nitrogen and oxygen atoms in total. The number of aliphatic carboxylic acids is 1. The van der Waals surface area contributed by atoms with Gasteiger partial charge in [-0.2, -0.15) is 0 Å². The highest BCUT2D eigenvalue weighted by Crippen LogP contribution is 2.19. The summed E-state index contributed by atoms with van der Waals surface area (Å²) < 4.78 is 5.32. The first kappa shape index (κ1) is 16.8. The molecule has 0 bridgehead atoms. The molecule has 1 aliphatic rings. The molecule has 20 heavy (non-hydrogen) atoms. The molecule has 1 saturated heterocycles. The Morgan fingerprint density at radius 2 is 1.95 bits per heavy atom. The van der Waals surface area contributed by atoms with Crippen LogP contribution >= 0.6 is 0 Å². The molecule has 116 valence electrons. The zero-order valence-electron chi connectivity index (χ0n) is 12.5. The number of amides is 2. The van der Waals surface area contributed by atoms with E-state index < -0.39 is 12.1 Å². The number of carbonyl (C=O) groups is 2. The van der Waals surface area contributed by atoms with Crippen molar-refractivity contribution in [2.45, 2.75) is 64.7 Å². The van der Waals surface area contributed by atoms with E-state index in [1.54, 1.807) is 0 Å². The summed E-state index contributed by atoms with van der Waals surface area (Å²) in [6.45, 7) is 6.65. The van der Waals surface area contributed by atoms with Gasteiger partial charge in [-0.3, -0.25) is 0 Å². The van der Waals surface area contributed by atoms with E-state index in [-0.39, 0.29) is 18.2 Å². The summed E-state index contributed by atoms with van der Waals surface area (Å²) in [5.41, 5.74) is 0. The van der Waals surface area contributed by atoms with Gasteiger partial charge in [0.25, 0.3) is 0 Å². The quantitative estimate of drug-likeness (QED) is 0.665. The normalized spacial score (nSPS) is 23.6. The number of ether oxygens (including phenoxy) is 1. The highest BCUT2D eigenvalue weighted by atomic mass is 16.5. The molecule has 1 rings (SSSR count). The fourth-order valence-electron chi connectivity index (χ4n) is 2.17. The van der Waals surface area contributed by atoms with Gasteiger partial charge in [-0.05, 0) is 38.5 Å². The predicted octanol–water partition coefficient (Wildman–Crippen LogP) is 1.74. The zero-order chi connectivity index (χ0) is 15.1. The van der Waals surface area contributed by atoms with E-state index in [9.17, 15) is 9.59 Å². The van der Waals surface area contributed by atoms with Gasteiger partial charge < -0.3 is 20.5 Å². The fraction of sp³-hybridized carbons (Fsp3) is 0.857. The molecule has 1 heterocycles. The fourth-order valence-corrected chi connectivity index (χ4v) is 2.17.